The Balaban J connectivity index is 1.96. The molecule has 1 rings (SSSR count). The van der Waals surface area contributed by atoms with Gasteiger partial charge in [-0.1, -0.05) is 13.5 Å². The van der Waals surface area contributed by atoms with Crippen LogP contribution in [0.25, 0.3) is 0 Å². The van der Waals surface area contributed by atoms with Gasteiger partial charge in [-0.15, -0.1) is 4.91 Å². The maximum atomic E-state index is 9.91. The summed E-state index contributed by atoms with van der Waals surface area (Å²) in [4.78, 5) is 9.91. The van der Waals surface area contributed by atoms with Gasteiger partial charge in [0.2, 0.25) is 0 Å². The van der Waals surface area contributed by atoms with Gasteiger partial charge in [-0.25, -0.2) is 0 Å². The molecule has 0 aromatic rings. The number of hydrogen-bond acceptors (Lipinski definition) is 2. The van der Waals surface area contributed by atoms with Crippen molar-refractivity contribution < 1.29 is 0 Å². The molecule has 0 heterocycles. The summed E-state index contributed by atoms with van der Waals surface area (Å²) in [7, 11) is 0. The second kappa shape index (κ2) is 3.65. The van der Waals surface area contributed by atoms with Gasteiger partial charge in [0, 0.05) is 0 Å². The van der Waals surface area contributed by atoms with Crippen LogP contribution in [0.1, 0.15) is 32.6 Å². The fourth-order valence-corrected chi connectivity index (χ4v) is 1.42. The van der Waals surface area contributed by atoms with E-state index in [1.807, 2.05) is 0 Å². The quantitative estimate of drug-likeness (QED) is 0.558. The third kappa shape index (κ3) is 2.83. The summed E-state index contributed by atoms with van der Waals surface area (Å²) in [5.41, 5.74) is 0.498. The Kier molecular flexibility index (Phi) is 2.80. The van der Waals surface area contributed by atoms with Crippen molar-refractivity contribution in [2.24, 2.45) is 17.0 Å². The van der Waals surface area contributed by atoms with Gasteiger partial charge in [0.05, 0.1) is 5.70 Å². The third-order valence-electron chi connectivity index (χ3n) is 2.45. The van der Waals surface area contributed by atoms with Gasteiger partial charge in [0.25, 0.3) is 0 Å². The van der Waals surface area contributed by atoms with E-state index >= 15 is 0 Å². The van der Waals surface area contributed by atoms with Crippen LogP contribution in [0.15, 0.2) is 17.5 Å². The van der Waals surface area contributed by atoms with Crippen LogP contribution >= 0.6 is 0 Å². The molecule has 1 unspecified atom stereocenters. The monoisotopic (exact) mass is 153 g/mol. The van der Waals surface area contributed by atoms with E-state index in [0.717, 1.165) is 24.7 Å². The lowest BCUT2D eigenvalue weighted by Crippen LogP contribution is -1.82. The van der Waals surface area contributed by atoms with Crippen LogP contribution in [0, 0.1) is 16.7 Å². The average Bonchev–Trinajstić information content (AvgIpc) is 2.66. The van der Waals surface area contributed by atoms with Crippen molar-refractivity contribution in [2.45, 2.75) is 32.6 Å². The van der Waals surface area contributed by atoms with Crippen molar-refractivity contribution in [1.82, 2.24) is 0 Å². The zero-order valence-corrected chi connectivity index (χ0v) is 7.05. The summed E-state index contributed by atoms with van der Waals surface area (Å²) in [6, 6.07) is 0. The lowest BCUT2D eigenvalue weighted by Gasteiger charge is -1.95. The van der Waals surface area contributed by atoms with E-state index in [4.69, 9.17) is 0 Å². The molecule has 62 valence electrons. The Bertz CT molecular complexity index is 165. The highest BCUT2D eigenvalue weighted by Gasteiger charge is 2.31. The number of hydrogen-bond donors (Lipinski definition) is 0. The van der Waals surface area contributed by atoms with E-state index in [9.17, 15) is 4.91 Å². The molecule has 0 amide bonds. The lowest BCUT2D eigenvalue weighted by atomic mass is 10.1. The summed E-state index contributed by atoms with van der Waals surface area (Å²) in [5, 5.41) is 2.78. The molecule has 0 aliphatic heterocycles. The first-order chi connectivity index (χ1) is 5.24. The van der Waals surface area contributed by atoms with Crippen LogP contribution in [0.2, 0.25) is 0 Å². The lowest BCUT2D eigenvalue weighted by molar-refractivity contribution is 0.626. The highest BCUT2D eigenvalue weighted by molar-refractivity contribution is 4.91. The highest BCUT2D eigenvalue weighted by Crippen LogP contribution is 2.41. The molecule has 11 heavy (non-hydrogen) atoms. The maximum absolute atomic E-state index is 9.91. The van der Waals surface area contributed by atoms with Crippen molar-refractivity contribution in [3.05, 3.63) is 17.2 Å². The molecule has 0 saturated heterocycles. The summed E-state index contributed by atoms with van der Waals surface area (Å²) in [6.07, 6.45) is 4.49. The van der Waals surface area contributed by atoms with Gasteiger partial charge in [-0.2, -0.15) is 0 Å². The fourth-order valence-electron chi connectivity index (χ4n) is 1.42. The molecule has 1 fully saturated rings. The van der Waals surface area contributed by atoms with Crippen LogP contribution in [-0.4, -0.2) is 0 Å². The maximum Gasteiger partial charge on any atom is 0.0777 e. The molecule has 0 spiro atoms. The molecule has 2 atom stereocenters. The van der Waals surface area contributed by atoms with Crippen molar-refractivity contribution in [3.63, 3.8) is 0 Å². The van der Waals surface area contributed by atoms with E-state index in [1.165, 1.54) is 12.8 Å². The minimum Gasteiger partial charge on any atom is -0.145 e. The number of nitroso groups, excluding NO2 is 1. The molecular weight excluding hydrogens is 138 g/mol. The Hall–Kier alpha value is -0.660. The van der Waals surface area contributed by atoms with Crippen molar-refractivity contribution in [3.8, 4) is 0 Å². The Morgan fingerprint density at radius 2 is 2.36 bits per heavy atom. The Morgan fingerprint density at radius 3 is 2.82 bits per heavy atom. The molecule has 2 nitrogen and oxygen atoms in total. The molecule has 2 heteroatoms. The molecular formula is C9H15NO. The SMILES string of the molecule is C=C(CCCC1C[C@@H]1C)N=O. The second-order valence-corrected chi connectivity index (χ2v) is 3.52. The molecule has 0 radical (unpaired) electrons. The van der Waals surface area contributed by atoms with E-state index in [2.05, 4.69) is 18.7 Å². The van der Waals surface area contributed by atoms with E-state index in [0.29, 0.717) is 5.70 Å². The average molecular weight is 153 g/mol. The highest BCUT2D eigenvalue weighted by atomic mass is 16.3. The second-order valence-electron chi connectivity index (χ2n) is 3.52. The third-order valence-corrected chi connectivity index (χ3v) is 2.45. The van der Waals surface area contributed by atoms with Crippen LogP contribution in [0.3, 0.4) is 0 Å². The Morgan fingerprint density at radius 1 is 1.73 bits per heavy atom. The van der Waals surface area contributed by atoms with E-state index in [1.54, 1.807) is 0 Å². The standard InChI is InChI=1S/C9H15NO/c1-7-6-9(7)5-3-4-8(2)10-11/h7,9H,2-6H2,1H3/t7-,9?/m0/s1. The van der Waals surface area contributed by atoms with Gasteiger partial charge >= 0.3 is 0 Å². The van der Waals surface area contributed by atoms with Crippen LogP contribution in [0.4, 0.5) is 0 Å². The van der Waals surface area contributed by atoms with E-state index in [-0.39, 0.29) is 0 Å². The Labute approximate surface area is 67.7 Å². The number of nitrogens with zero attached hydrogens (tertiary/aromatic N) is 1. The van der Waals surface area contributed by atoms with Crippen molar-refractivity contribution in [2.75, 3.05) is 0 Å². The predicted molar refractivity (Wildman–Crippen MR) is 46.1 cm³/mol. The topological polar surface area (TPSA) is 29.4 Å². The molecule has 0 N–H and O–H groups in total. The van der Waals surface area contributed by atoms with Gasteiger partial charge in [-0.05, 0) is 42.7 Å². The van der Waals surface area contributed by atoms with E-state index < -0.39 is 0 Å². The first kappa shape index (κ1) is 8.44. The zero-order valence-electron chi connectivity index (χ0n) is 7.05. The van der Waals surface area contributed by atoms with Crippen molar-refractivity contribution >= 4 is 0 Å². The largest absolute Gasteiger partial charge is 0.145 e. The van der Waals surface area contributed by atoms with Gasteiger partial charge in [-0.3, -0.25) is 0 Å². The fraction of sp³-hybridized carbons (Fsp3) is 0.778. The smallest absolute Gasteiger partial charge is 0.0777 e. The van der Waals surface area contributed by atoms with Gasteiger partial charge < -0.3 is 0 Å². The first-order valence-electron chi connectivity index (χ1n) is 4.25. The first-order valence-corrected chi connectivity index (χ1v) is 4.25. The molecule has 1 aliphatic rings. The number of rotatable bonds is 5. The zero-order chi connectivity index (χ0) is 8.27. The molecule has 0 aromatic carbocycles. The molecule has 0 bridgehead atoms. The van der Waals surface area contributed by atoms with Gasteiger partial charge in [0.1, 0.15) is 0 Å². The summed E-state index contributed by atoms with van der Waals surface area (Å²) < 4.78 is 0. The van der Waals surface area contributed by atoms with Crippen LogP contribution in [0.5, 0.6) is 0 Å². The normalized spacial score (nSPS) is 28.1. The summed E-state index contributed by atoms with van der Waals surface area (Å²) in [5.74, 6) is 1.85. The van der Waals surface area contributed by atoms with Crippen LogP contribution < -0.4 is 0 Å². The minimum absolute atomic E-state index is 0.498. The van der Waals surface area contributed by atoms with Crippen molar-refractivity contribution in [1.29, 1.82) is 0 Å². The summed E-state index contributed by atoms with van der Waals surface area (Å²) >= 11 is 0. The number of allylic oxidation sites excluding steroid dienone is 1. The molecule has 0 aromatic heterocycles. The molecule has 1 saturated carbocycles. The molecule has 1 aliphatic carbocycles. The van der Waals surface area contributed by atoms with Crippen LogP contribution in [-0.2, 0) is 0 Å². The van der Waals surface area contributed by atoms with Gasteiger partial charge in [0.15, 0.2) is 0 Å². The predicted octanol–water partition coefficient (Wildman–Crippen LogP) is 3.09. The minimum atomic E-state index is 0.498. The summed E-state index contributed by atoms with van der Waals surface area (Å²) in [6.45, 7) is 5.81.